The second-order valence-corrected chi connectivity index (χ2v) is 14.7. The monoisotopic (exact) mass is 721 g/mol. The lowest BCUT2D eigenvalue weighted by atomic mass is 10.0. The smallest absolute Gasteiger partial charge is 0.264 e. The summed E-state index contributed by atoms with van der Waals surface area (Å²) in [5.74, 6) is -0.170. The number of carbonyl (C=O) groups excluding carboxylic acids is 2. The Morgan fingerprint density at radius 3 is 2.02 bits per heavy atom. The van der Waals surface area contributed by atoms with E-state index in [1.807, 2.05) is 75.4 Å². The number of nitrogens with zero attached hydrogens (tertiary/aromatic N) is 2. The van der Waals surface area contributed by atoms with Crippen molar-refractivity contribution < 1.29 is 27.5 Å². The fraction of sp³-hybridized carbons (Fsp3) is 0.278. The molecule has 4 aromatic rings. The maximum absolute atomic E-state index is 14.6. The van der Waals surface area contributed by atoms with Crippen molar-refractivity contribution in [3.05, 3.63) is 119 Å². The van der Waals surface area contributed by atoms with Crippen LogP contribution in [0.25, 0.3) is 0 Å². The van der Waals surface area contributed by atoms with E-state index in [0.29, 0.717) is 5.75 Å². The van der Waals surface area contributed by atoms with Gasteiger partial charge in [-0.1, -0.05) is 70.5 Å². The summed E-state index contributed by atoms with van der Waals surface area (Å²) >= 11 is 3.46. The highest BCUT2D eigenvalue weighted by Gasteiger charge is 2.36. The Hall–Kier alpha value is -4.35. The zero-order chi connectivity index (χ0) is 34.2. The van der Waals surface area contributed by atoms with E-state index in [2.05, 4.69) is 21.2 Å². The molecule has 2 amide bonds. The van der Waals surface area contributed by atoms with Gasteiger partial charge in [-0.25, -0.2) is 8.42 Å². The molecule has 0 fully saturated rings. The Balaban J connectivity index is 1.84. The van der Waals surface area contributed by atoms with Crippen molar-refractivity contribution in [1.82, 2.24) is 10.2 Å². The largest absolute Gasteiger partial charge is 0.497 e. The number of carbonyl (C=O) groups is 2. The number of anilines is 1. The lowest BCUT2D eigenvalue weighted by Crippen LogP contribution is -2.56. The van der Waals surface area contributed by atoms with Crippen molar-refractivity contribution in [2.75, 3.05) is 25.1 Å². The number of amides is 2. The lowest BCUT2D eigenvalue weighted by molar-refractivity contribution is -0.140. The summed E-state index contributed by atoms with van der Waals surface area (Å²) in [5, 5.41) is 3.04. The van der Waals surface area contributed by atoms with Crippen molar-refractivity contribution in [1.29, 1.82) is 0 Å². The van der Waals surface area contributed by atoms with Crippen LogP contribution >= 0.6 is 15.9 Å². The molecule has 1 unspecified atom stereocenters. The zero-order valence-electron chi connectivity index (χ0n) is 27.1. The Morgan fingerprint density at radius 2 is 1.43 bits per heavy atom. The van der Waals surface area contributed by atoms with Crippen LogP contribution in [0.1, 0.15) is 31.9 Å². The van der Waals surface area contributed by atoms with Gasteiger partial charge in [0, 0.05) is 23.0 Å². The third-order valence-corrected chi connectivity index (χ3v) is 9.62. The van der Waals surface area contributed by atoms with Gasteiger partial charge in [0.15, 0.2) is 0 Å². The molecule has 0 saturated heterocycles. The first-order chi connectivity index (χ1) is 22.3. The summed E-state index contributed by atoms with van der Waals surface area (Å²) in [4.78, 5) is 30.1. The highest BCUT2D eigenvalue weighted by molar-refractivity contribution is 9.10. The molecule has 47 heavy (non-hydrogen) atoms. The minimum atomic E-state index is -4.31. The standard InChI is InChI=1S/C36H40BrN3O6S/c1-36(2,3)38-35(42)32(23-26-11-7-6-8-12-26)39(24-27-15-17-28(37)18-16-27)34(41)25-40(31-13-9-10-14-33(31)46-5)47(43,44)30-21-19-29(45-4)20-22-30/h6-22,32H,23-25H2,1-5H3,(H,38,42). The highest BCUT2D eigenvalue weighted by atomic mass is 79.9. The summed E-state index contributed by atoms with van der Waals surface area (Å²) in [6, 6.07) is 28.4. The summed E-state index contributed by atoms with van der Waals surface area (Å²) in [5.41, 5.74) is 1.22. The molecule has 11 heteroatoms. The second-order valence-electron chi connectivity index (χ2n) is 12.0. The molecule has 0 heterocycles. The molecule has 9 nitrogen and oxygen atoms in total. The van der Waals surface area contributed by atoms with Gasteiger partial charge in [0.25, 0.3) is 10.0 Å². The number of halogens is 1. The van der Waals surface area contributed by atoms with Gasteiger partial charge in [0.1, 0.15) is 24.1 Å². The van der Waals surface area contributed by atoms with Gasteiger partial charge in [-0.05, 0) is 80.4 Å². The number of rotatable bonds is 13. The molecule has 4 rings (SSSR count). The predicted octanol–water partition coefficient (Wildman–Crippen LogP) is 6.22. The number of methoxy groups -OCH3 is 2. The fourth-order valence-corrected chi connectivity index (χ4v) is 6.71. The SMILES string of the molecule is COc1ccc(S(=O)(=O)N(CC(=O)N(Cc2ccc(Br)cc2)C(Cc2ccccc2)C(=O)NC(C)(C)C)c2ccccc2OC)cc1. The molecule has 0 saturated carbocycles. The van der Waals surface area contributed by atoms with Crippen molar-refractivity contribution in [2.24, 2.45) is 0 Å². The van der Waals surface area contributed by atoms with E-state index >= 15 is 0 Å². The Kier molecular flexibility index (Phi) is 11.7. The molecule has 0 aliphatic carbocycles. The number of para-hydroxylation sites is 2. The maximum atomic E-state index is 14.6. The van der Waals surface area contributed by atoms with Gasteiger partial charge in [0.05, 0.1) is 24.8 Å². The van der Waals surface area contributed by atoms with Crippen LogP contribution in [0.15, 0.2) is 112 Å². The predicted molar refractivity (Wildman–Crippen MR) is 187 cm³/mol. The summed E-state index contributed by atoms with van der Waals surface area (Å²) < 4.78 is 41.3. The molecular weight excluding hydrogens is 682 g/mol. The van der Waals surface area contributed by atoms with Gasteiger partial charge >= 0.3 is 0 Å². The molecule has 1 N–H and O–H groups in total. The first kappa shape index (κ1) is 35.5. The number of sulfonamides is 1. The number of hydrogen-bond donors (Lipinski definition) is 1. The Morgan fingerprint density at radius 1 is 0.809 bits per heavy atom. The average molecular weight is 723 g/mol. The van der Waals surface area contributed by atoms with Crippen LogP contribution in [0.5, 0.6) is 11.5 Å². The summed E-state index contributed by atoms with van der Waals surface area (Å²) in [6.45, 7) is 5.07. The number of nitrogens with one attached hydrogen (secondary N) is 1. The molecule has 0 radical (unpaired) electrons. The lowest BCUT2D eigenvalue weighted by Gasteiger charge is -2.35. The zero-order valence-corrected chi connectivity index (χ0v) is 29.5. The maximum Gasteiger partial charge on any atom is 0.264 e. The molecule has 0 aliphatic rings. The van der Waals surface area contributed by atoms with Crippen molar-refractivity contribution in [3.8, 4) is 11.5 Å². The van der Waals surface area contributed by atoms with Crippen LogP contribution in [-0.2, 0) is 32.6 Å². The van der Waals surface area contributed by atoms with E-state index in [0.717, 1.165) is 19.9 Å². The average Bonchev–Trinajstić information content (AvgIpc) is 3.05. The second kappa shape index (κ2) is 15.5. The van der Waals surface area contributed by atoms with Gasteiger partial charge in [-0.3, -0.25) is 13.9 Å². The van der Waals surface area contributed by atoms with E-state index in [1.165, 1.54) is 31.3 Å². The van der Waals surface area contributed by atoms with Crippen LogP contribution < -0.4 is 19.1 Å². The highest BCUT2D eigenvalue weighted by Crippen LogP contribution is 2.33. The number of benzene rings is 4. The van der Waals surface area contributed by atoms with E-state index in [1.54, 1.807) is 36.4 Å². The quantitative estimate of drug-likeness (QED) is 0.176. The molecule has 0 aromatic heterocycles. The minimum absolute atomic E-state index is 0.0391. The van der Waals surface area contributed by atoms with Crippen molar-refractivity contribution in [3.63, 3.8) is 0 Å². The first-order valence-electron chi connectivity index (χ1n) is 15.0. The molecule has 0 aliphatic heterocycles. The number of ether oxygens (including phenoxy) is 2. The van der Waals surface area contributed by atoms with E-state index < -0.39 is 34.1 Å². The van der Waals surface area contributed by atoms with Crippen LogP contribution in [0.3, 0.4) is 0 Å². The minimum Gasteiger partial charge on any atom is -0.497 e. The third-order valence-electron chi connectivity index (χ3n) is 7.32. The fourth-order valence-electron chi connectivity index (χ4n) is 5.02. The van der Waals surface area contributed by atoms with Crippen LogP contribution in [0, 0.1) is 0 Å². The summed E-state index contributed by atoms with van der Waals surface area (Å²) in [7, 11) is -1.38. The van der Waals surface area contributed by atoms with Crippen LogP contribution in [0.4, 0.5) is 5.69 Å². The topological polar surface area (TPSA) is 105 Å². The molecular formula is C36H40BrN3O6S. The number of hydrogen-bond acceptors (Lipinski definition) is 6. The molecule has 0 spiro atoms. The van der Waals surface area contributed by atoms with Crippen molar-refractivity contribution >= 4 is 43.5 Å². The van der Waals surface area contributed by atoms with Gasteiger partial charge in [-0.2, -0.15) is 0 Å². The van der Waals surface area contributed by atoms with Gasteiger partial charge in [-0.15, -0.1) is 0 Å². The van der Waals surface area contributed by atoms with E-state index in [4.69, 9.17) is 9.47 Å². The van der Waals surface area contributed by atoms with E-state index in [9.17, 15) is 18.0 Å². The van der Waals surface area contributed by atoms with Crippen molar-refractivity contribution in [2.45, 2.75) is 50.2 Å². The molecule has 4 aromatic carbocycles. The normalized spacial score (nSPS) is 12.1. The van der Waals surface area contributed by atoms with Crippen LogP contribution in [0.2, 0.25) is 0 Å². The Labute approximate surface area is 285 Å². The van der Waals surface area contributed by atoms with Gasteiger partial charge in [0.2, 0.25) is 11.8 Å². The molecule has 1 atom stereocenters. The van der Waals surface area contributed by atoms with Crippen LogP contribution in [-0.4, -0.2) is 57.5 Å². The van der Waals surface area contributed by atoms with Gasteiger partial charge < -0.3 is 19.7 Å². The van der Waals surface area contributed by atoms with E-state index in [-0.39, 0.29) is 35.2 Å². The first-order valence-corrected chi connectivity index (χ1v) is 17.3. The summed E-state index contributed by atoms with van der Waals surface area (Å²) in [6.07, 6.45) is 0.213. The molecule has 248 valence electrons. The Bertz CT molecular complexity index is 1760. The molecule has 0 bridgehead atoms. The third kappa shape index (κ3) is 9.36.